The summed E-state index contributed by atoms with van der Waals surface area (Å²) in [5, 5.41) is 11.9. The van der Waals surface area contributed by atoms with Gasteiger partial charge >= 0.3 is 0 Å². The van der Waals surface area contributed by atoms with E-state index in [1.165, 1.54) is 0 Å². The van der Waals surface area contributed by atoms with Crippen LogP contribution in [0.2, 0.25) is 0 Å². The molecule has 6 heteroatoms. The highest BCUT2D eigenvalue weighted by Gasteiger charge is 2.13. The molecule has 88 valence electrons. The molecular formula is C11H13N5O. The summed E-state index contributed by atoms with van der Waals surface area (Å²) < 4.78 is 1.80. The minimum Gasteiger partial charge on any atom is -0.409 e. The maximum Gasteiger partial charge on any atom is 0.174 e. The molecule has 2 heterocycles. The molecule has 0 aromatic carbocycles. The summed E-state index contributed by atoms with van der Waals surface area (Å²) in [7, 11) is 0. The van der Waals surface area contributed by atoms with Crippen LogP contribution in [0.4, 0.5) is 0 Å². The fourth-order valence-corrected chi connectivity index (χ4v) is 1.78. The molecule has 0 aliphatic rings. The third kappa shape index (κ3) is 1.96. The van der Waals surface area contributed by atoms with E-state index < -0.39 is 0 Å². The molecule has 0 bridgehead atoms. The lowest BCUT2D eigenvalue weighted by atomic mass is 10.1. The minimum atomic E-state index is 0.0405. The Kier molecular flexibility index (Phi) is 2.78. The summed E-state index contributed by atoms with van der Waals surface area (Å²) in [5.74, 6) is 0.0405. The van der Waals surface area contributed by atoms with Crippen LogP contribution < -0.4 is 5.73 Å². The van der Waals surface area contributed by atoms with E-state index in [1.54, 1.807) is 23.3 Å². The quantitative estimate of drug-likeness (QED) is 0.349. The number of oxime groups is 1. The Morgan fingerprint density at radius 3 is 2.82 bits per heavy atom. The standard InChI is InChI=1S/C11H13N5O/c1-7-5-9(16-4-3-13-6-16)10(8(2)14-7)11(12)15-17/h3-6,17H,1-2H3,(H2,12,15). The Hall–Kier alpha value is -2.37. The van der Waals surface area contributed by atoms with E-state index in [0.29, 0.717) is 11.3 Å². The van der Waals surface area contributed by atoms with Crippen molar-refractivity contribution in [1.82, 2.24) is 14.5 Å². The zero-order chi connectivity index (χ0) is 12.4. The number of imidazole rings is 1. The predicted octanol–water partition coefficient (Wildman–Crippen LogP) is 0.979. The third-order valence-electron chi connectivity index (χ3n) is 2.45. The van der Waals surface area contributed by atoms with Gasteiger partial charge in [-0.05, 0) is 19.9 Å². The van der Waals surface area contributed by atoms with E-state index in [2.05, 4.69) is 15.1 Å². The summed E-state index contributed by atoms with van der Waals surface area (Å²) in [6.07, 6.45) is 5.12. The van der Waals surface area contributed by atoms with Crippen LogP contribution in [0.5, 0.6) is 0 Å². The SMILES string of the molecule is Cc1cc(-n2ccnc2)c(/C(N)=N/O)c(C)n1. The van der Waals surface area contributed by atoms with Crippen molar-refractivity contribution in [3.63, 3.8) is 0 Å². The predicted molar refractivity (Wildman–Crippen MR) is 63.3 cm³/mol. The van der Waals surface area contributed by atoms with Gasteiger partial charge in [0.05, 0.1) is 23.3 Å². The molecule has 0 atom stereocenters. The lowest BCUT2D eigenvalue weighted by Gasteiger charge is -2.12. The van der Waals surface area contributed by atoms with Gasteiger partial charge in [-0.1, -0.05) is 5.16 Å². The molecule has 0 saturated heterocycles. The first kappa shape index (κ1) is 11.1. The Balaban J connectivity index is 2.72. The van der Waals surface area contributed by atoms with Gasteiger partial charge in [0, 0.05) is 18.1 Å². The molecule has 3 N–H and O–H groups in total. The molecule has 2 aromatic rings. The van der Waals surface area contributed by atoms with E-state index in [1.807, 2.05) is 19.9 Å². The second kappa shape index (κ2) is 4.25. The summed E-state index contributed by atoms with van der Waals surface area (Å²) >= 11 is 0. The van der Waals surface area contributed by atoms with Crippen LogP contribution in [0.25, 0.3) is 5.69 Å². The number of rotatable bonds is 2. The normalized spacial score (nSPS) is 11.8. The number of hydrogen-bond acceptors (Lipinski definition) is 4. The van der Waals surface area contributed by atoms with Crippen molar-refractivity contribution in [1.29, 1.82) is 0 Å². The maximum atomic E-state index is 8.81. The fourth-order valence-electron chi connectivity index (χ4n) is 1.78. The van der Waals surface area contributed by atoms with Gasteiger partial charge in [-0.2, -0.15) is 0 Å². The second-order valence-electron chi connectivity index (χ2n) is 3.70. The van der Waals surface area contributed by atoms with Crippen LogP contribution in [0.3, 0.4) is 0 Å². The Labute approximate surface area is 98.4 Å². The molecular weight excluding hydrogens is 218 g/mol. The average Bonchev–Trinajstić information content (AvgIpc) is 2.80. The lowest BCUT2D eigenvalue weighted by Crippen LogP contribution is -2.19. The Morgan fingerprint density at radius 2 is 2.24 bits per heavy atom. The molecule has 0 unspecified atom stereocenters. The molecule has 0 aliphatic heterocycles. The lowest BCUT2D eigenvalue weighted by molar-refractivity contribution is 0.318. The highest BCUT2D eigenvalue weighted by atomic mass is 16.4. The first-order valence-corrected chi connectivity index (χ1v) is 5.08. The highest BCUT2D eigenvalue weighted by Crippen LogP contribution is 2.18. The molecule has 0 amide bonds. The first-order valence-electron chi connectivity index (χ1n) is 5.08. The summed E-state index contributed by atoms with van der Waals surface area (Å²) in [4.78, 5) is 8.29. The highest BCUT2D eigenvalue weighted by molar-refractivity contribution is 6.01. The monoisotopic (exact) mass is 231 g/mol. The van der Waals surface area contributed by atoms with Gasteiger partial charge in [-0.3, -0.25) is 4.98 Å². The molecule has 17 heavy (non-hydrogen) atoms. The van der Waals surface area contributed by atoms with Crippen molar-refractivity contribution in [3.05, 3.63) is 41.7 Å². The molecule has 0 radical (unpaired) electrons. The number of hydrogen-bond donors (Lipinski definition) is 2. The molecule has 0 fully saturated rings. The molecule has 6 nitrogen and oxygen atoms in total. The van der Waals surface area contributed by atoms with Crippen LogP contribution in [-0.4, -0.2) is 25.6 Å². The number of aromatic nitrogens is 3. The van der Waals surface area contributed by atoms with Crippen LogP contribution in [0.1, 0.15) is 17.0 Å². The van der Waals surface area contributed by atoms with Crippen molar-refractivity contribution in [2.75, 3.05) is 0 Å². The van der Waals surface area contributed by atoms with Crippen LogP contribution in [0.15, 0.2) is 29.9 Å². The van der Waals surface area contributed by atoms with Crippen LogP contribution >= 0.6 is 0 Å². The van der Waals surface area contributed by atoms with Gasteiger partial charge in [0.2, 0.25) is 0 Å². The second-order valence-corrected chi connectivity index (χ2v) is 3.70. The number of nitrogens with zero attached hydrogens (tertiary/aromatic N) is 4. The number of amidine groups is 1. The maximum absolute atomic E-state index is 8.81. The van der Waals surface area contributed by atoms with E-state index in [-0.39, 0.29) is 5.84 Å². The topological polar surface area (TPSA) is 89.3 Å². The molecule has 0 saturated carbocycles. The van der Waals surface area contributed by atoms with E-state index in [4.69, 9.17) is 10.9 Å². The van der Waals surface area contributed by atoms with Crippen LogP contribution in [-0.2, 0) is 0 Å². The molecule has 0 aliphatic carbocycles. The average molecular weight is 231 g/mol. The molecule has 0 spiro atoms. The largest absolute Gasteiger partial charge is 0.409 e. The first-order chi connectivity index (χ1) is 8.13. The van der Waals surface area contributed by atoms with Gasteiger partial charge in [0.1, 0.15) is 0 Å². The Bertz CT molecular complexity index is 559. The summed E-state index contributed by atoms with van der Waals surface area (Å²) in [5.41, 5.74) is 8.65. The zero-order valence-electron chi connectivity index (χ0n) is 9.62. The van der Waals surface area contributed by atoms with Gasteiger partial charge in [0.15, 0.2) is 5.84 Å². The summed E-state index contributed by atoms with van der Waals surface area (Å²) in [6, 6.07) is 1.86. The number of pyridine rings is 1. The summed E-state index contributed by atoms with van der Waals surface area (Å²) in [6.45, 7) is 3.71. The van der Waals surface area contributed by atoms with Crippen molar-refractivity contribution < 1.29 is 5.21 Å². The smallest absolute Gasteiger partial charge is 0.174 e. The fraction of sp³-hybridized carbons (Fsp3) is 0.182. The van der Waals surface area contributed by atoms with Crippen LogP contribution in [0, 0.1) is 13.8 Å². The van der Waals surface area contributed by atoms with E-state index in [0.717, 1.165) is 11.4 Å². The number of nitrogens with two attached hydrogens (primary N) is 1. The van der Waals surface area contributed by atoms with Gasteiger partial charge in [-0.15, -0.1) is 0 Å². The van der Waals surface area contributed by atoms with Crippen molar-refractivity contribution in [2.45, 2.75) is 13.8 Å². The number of aryl methyl sites for hydroxylation is 2. The zero-order valence-corrected chi connectivity index (χ0v) is 9.62. The van der Waals surface area contributed by atoms with Gasteiger partial charge in [-0.25, -0.2) is 4.98 Å². The van der Waals surface area contributed by atoms with Gasteiger partial charge < -0.3 is 15.5 Å². The third-order valence-corrected chi connectivity index (χ3v) is 2.45. The van der Waals surface area contributed by atoms with E-state index >= 15 is 0 Å². The van der Waals surface area contributed by atoms with E-state index in [9.17, 15) is 0 Å². The van der Waals surface area contributed by atoms with Crippen molar-refractivity contribution in [3.8, 4) is 5.69 Å². The van der Waals surface area contributed by atoms with Crippen molar-refractivity contribution in [2.24, 2.45) is 10.9 Å². The van der Waals surface area contributed by atoms with Gasteiger partial charge in [0.25, 0.3) is 0 Å². The Morgan fingerprint density at radius 1 is 1.47 bits per heavy atom. The van der Waals surface area contributed by atoms with Crippen molar-refractivity contribution >= 4 is 5.84 Å². The molecule has 2 aromatic heterocycles. The molecule has 2 rings (SSSR count). The minimum absolute atomic E-state index is 0.0405.